The van der Waals surface area contributed by atoms with Crippen molar-refractivity contribution in [3.8, 4) is 0 Å². The molecule has 0 aliphatic carbocycles. The van der Waals surface area contributed by atoms with Gasteiger partial charge in [-0.25, -0.2) is 12.7 Å². The lowest BCUT2D eigenvalue weighted by molar-refractivity contribution is -0.126. The third-order valence-corrected chi connectivity index (χ3v) is 5.68. The molecule has 0 saturated carbocycles. The van der Waals surface area contributed by atoms with E-state index in [0.29, 0.717) is 32.5 Å². The predicted octanol–water partition coefficient (Wildman–Crippen LogP) is -0.257. The van der Waals surface area contributed by atoms with Gasteiger partial charge in [0.25, 0.3) is 0 Å². The fraction of sp³-hybridized carbons (Fsp3) is 0.929. The maximum Gasteiger partial charge on any atom is 0.223 e. The average Bonchev–Trinajstić information content (AvgIpc) is 2.49. The van der Waals surface area contributed by atoms with Gasteiger partial charge in [-0.2, -0.15) is 0 Å². The molecule has 1 aliphatic rings. The third-order valence-electron chi connectivity index (χ3n) is 3.84. The van der Waals surface area contributed by atoms with Crippen LogP contribution in [-0.2, 0) is 19.6 Å². The normalized spacial score (nSPS) is 17.8. The number of sulfonamides is 1. The first-order valence-electron chi connectivity index (χ1n) is 7.76. The molecule has 1 rings (SSSR count). The molecular formula is C14H29N3O4S. The molecule has 0 spiro atoms. The van der Waals surface area contributed by atoms with Crippen molar-refractivity contribution in [3.63, 3.8) is 0 Å². The molecule has 1 saturated heterocycles. The molecule has 0 bridgehead atoms. The summed E-state index contributed by atoms with van der Waals surface area (Å²) in [5.74, 6) is -0.0221. The summed E-state index contributed by atoms with van der Waals surface area (Å²) in [4.78, 5) is 14.1. The zero-order valence-electron chi connectivity index (χ0n) is 13.9. The minimum atomic E-state index is -3.25. The topological polar surface area (TPSA) is 79.0 Å². The van der Waals surface area contributed by atoms with E-state index in [-0.39, 0.29) is 24.2 Å². The van der Waals surface area contributed by atoms with Gasteiger partial charge in [0, 0.05) is 32.7 Å². The first kappa shape index (κ1) is 19.3. The zero-order chi connectivity index (χ0) is 16.6. The van der Waals surface area contributed by atoms with E-state index in [4.69, 9.17) is 4.74 Å². The maximum absolute atomic E-state index is 12.1. The van der Waals surface area contributed by atoms with Crippen molar-refractivity contribution < 1.29 is 17.9 Å². The Hall–Kier alpha value is -0.700. The number of nitrogens with one attached hydrogen (secondary N) is 1. The molecule has 0 unspecified atom stereocenters. The molecule has 130 valence electrons. The lowest BCUT2D eigenvalue weighted by Gasteiger charge is -2.30. The number of nitrogens with zero attached hydrogens (tertiary/aromatic N) is 2. The number of amides is 1. The number of ether oxygens (including phenoxy) is 1. The Balaban J connectivity index is 2.31. The summed E-state index contributed by atoms with van der Waals surface area (Å²) in [7, 11) is 2.24. The van der Waals surface area contributed by atoms with Gasteiger partial charge >= 0.3 is 0 Å². The van der Waals surface area contributed by atoms with Crippen molar-refractivity contribution in [1.82, 2.24) is 14.5 Å². The van der Waals surface area contributed by atoms with Gasteiger partial charge in [0.15, 0.2) is 0 Å². The van der Waals surface area contributed by atoms with E-state index in [9.17, 15) is 13.2 Å². The quantitative estimate of drug-likeness (QED) is 0.588. The van der Waals surface area contributed by atoms with Gasteiger partial charge in [-0.1, -0.05) is 0 Å². The van der Waals surface area contributed by atoms with Crippen molar-refractivity contribution >= 4 is 15.9 Å². The van der Waals surface area contributed by atoms with Gasteiger partial charge < -0.3 is 15.0 Å². The first-order chi connectivity index (χ1) is 10.4. The predicted molar refractivity (Wildman–Crippen MR) is 86.1 cm³/mol. The summed E-state index contributed by atoms with van der Waals surface area (Å²) in [6, 6.07) is 0. The smallest absolute Gasteiger partial charge is 0.223 e. The lowest BCUT2D eigenvalue weighted by atomic mass is 9.97. The third kappa shape index (κ3) is 6.60. The Morgan fingerprint density at radius 1 is 1.32 bits per heavy atom. The number of piperidine rings is 1. The molecule has 1 N–H and O–H groups in total. The van der Waals surface area contributed by atoms with Crippen molar-refractivity contribution in [2.45, 2.75) is 19.3 Å². The number of carbonyl (C=O) groups is 1. The van der Waals surface area contributed by atoms with Crippen LogP contribution in [0.25, 0.3) is 0 Å². The standard InChI is InChI=1S/C14H29N3O4S/c1-16(2)8-4-7-15-14(18)13-5-9-17(10-6-13)22(19,20)12-11-21-3/h13H,4-12H2,1-3H3,(H,15,18). The van der Waals surface area contributed by atoms with E-state index in [2.05, 4.69) is 10.2 Å². The van der Waals surface area contributed by atoms with Crippen molar-refractivity contribution in [3.05, 3.63) is 0 Å². The summed E-state index contributed by atoms with van der Waals surface area (Å²) in [6.45, 7) is 2.65. The van der Waals surface area contributed by atoms with E-state index in [1.165, 1.54) is 11.4 Å². The second-order valence-corrected chi connectivity index (χ2v) is 8.02. The minimum absolute atomic E-state index is 0.00486. The molecular weight excluding hydrogens is 306 g/mol. The average molecular weight is 335 g/mol. The Labute approximate surface area is 134 Å². The maximum atomic E-state index is 12.1. The highest BCUT2D eigenvalue weighted by molar-refractivity contribution is 7.89. The van der Waals surface area contributed by atoms with E-state index in [1.54, 1.807) is 0 Å². The van der Waals surface area contributed by atoms with E-state index < -0.39 is 10.0 Å². The van der Waals surface area contributed by atoms with Crippen molar-refractivity contribution in [2.75, 3.05) is 59.7 Å². The number of hydrogen-bond donors (Lipinski definition) is 1. The molecule has 0 aromatic rings. The zero-order valence-corrected chi connectivity index (χ0v) is 14.7. The molecule has 1 aliphatic heterocycles. The van der Waals surface area contributed by atoms with Crippen LogP contribution in [0.4, 0.5) is 0 Å². The largest absolute Gasteiger partial charge is 0.384 e. The highest BCUT2D eigenvalue weighted by Crippen LogP contribution is 2.20. The lowest BCUT2D eigenvalue weighted by Crippen LogP contribution is -2.44. The molecule has 0 atom stereocenters. The van der Waals surface area contributed by atoms with Crippen molar-refractivity contribution in [1.29, 1.82) is 0 Å². The Morgan fingerprint density at radius 2 is 1.95 bits per heavy atom. The fourth-order valence-electron chi connectivity index (χ4n) is 2.47. The number of methoxy groups -OCH3 is 1. The van der Waals surface area contributed by atoms with Crippen molar-refractivity contribution in [2.24, 2.45) is 5.92 Å². The van der Waals surface area contributed by atoms with Gasteiger partial charge in [-0.15, -0.1) is 0 Å². The van der Waals surface area contributed by atoms with Crippen LogP contribution in [0.5, 0.6) is 0 Å². The summed E-state index contributed by atoms with van der Waals surface area (Å²) < 4.78 is 30.4. The van der Waals surface area contributed by atoms with Crippen LogP contribution in [-0.4, -0.2) is 83.3 Å². The SMILES string of the molecule is COCCS(=O)(=O)N1CCC(C(=O)NCCCN(C)C)CC1. The Kier molecular flexibility index (Phi) is 8.30. The minimum Gasteiger partial charge on any atom is -0.384 e. The van der Waals surface area contributed by atoms with Gasteiger partial charge in [0.2, 0.25) is 15.9 Å². The number of carbonyl (C=O) groups excluding carboxylic acids is 1. The van der Waals surface area contributed by atoms with E-state index in [0.717, 1.165) is 13.0 Å². The summed E-state index contributed by atoms with van der Waals surface area (Å²) in [6.07, 6.45) is 2.10. The number of rotatable bonds is 9. The number of hydrogen-bond acceptors (Lipinski definition) is 5. The molecule has 0 aromatic carbocycles. The summed E-state index contributed by atoms with van der Waals surface area (Å²) >= 11 is 0. The monoisotopic (exact) mass is 335 g/mol. The van der Waals surface area contributed by atoms with Gasteiger partial charge in [0.05, 0.1) is 12.4 Å². The molecule has 7 nitrogen and oxygen atoms in total. The highest BCUT2D eigenvalue weighted by atomic mass is 32.2. The van der Waals surface area contributed by atoms with Gasteiger partial charge in [0.1, 0.15) is 0 Å². The van der Waals surface area contributed by atoms with Crippen LogP contribution >= 0.6 is 0 Å². The van der Waals surface area contributed by atoms with Crippen LogP contribution in [0.2, 0.25) is 0 Å². The van der Waals surface area contributed by atoms with Gasteiger partial charge in [-0.3, -0.25) is 4.79 Å². The molecule has 8 heteroatoms. The molecule has 0 aromatic heterocycles. The fourth-order valence-corrected chi connectivity index (χ4v) is 3.87. The summed E-state index contributed by atoms with van der Waals surface area (Å²) in [5, 5.41) is 2.94. The second kappa shape index (κ2) is 9.44. The second-order valence-electron chi connectivity index (χ2n) is 5.93. The molecule has 1 fully saturated rings. The van der Waals surface area contributed by atoms with Crippen LogP contribution < -0.4 is 5.32 Å². The van der Waals surface area contributed by atoms with Gasteiger partial charge in [-0.05, 0) is 39.9 Å². The summed E-state index contributed by atoms with van der Waals surface area (Å²) in [5.41, 5.74) is 0. The molecule has 1 amide bonds. The molecule has 1 heterocycles. The van der Waals surface area contributed by atoms with E-state index in [1.807, 2.05) is 14.1 Å². The molecule has 22 heavy (non-hydrogen) atoms. The molecule has 0 radical (unpaired) electrons. The van der Waals surface area contributed by atoms with E-state index >= 15 is 0 Å². The van der Waals surface area contributed by atoms with Crippen LogP contribution in [0.1, 0.15) is 19.3 Å². The van der Waals surface area contributed by atoms with Crippen LogP contribution in [0, 0.1) is 5.92 Å². The Morgan fingerprint density at radius 3 is 2.50 bits per heavy atom. The van der Waals surface area contributed by atoms with Crippen LogP contribution in [0.3, 0.4) is 0 Å². The highest BCUT2D eigenvalue weighted by Gasteiger charge is 2.30. The Bertz CT molecular complexity index is 431. The van der Waals surface area contributed by atoms with Crippen LogP contribution in [0.15, 0.2) is 0 Å². The first-order valence-corrected chi connectivity index (χ1v) is 9.37.